The van der Waals surface area contributed by atoms with Crippen LogP contribution in [0.3, 0.4) is 0 Å². The first kappa shape index (κ1) is 19.9. The first-order valence-electron chi connectivity index (χ1n) is 10.2. The lowest BCUT2D eigenvalue weighted by Gasteiger charge is -2.36. The third-order valence-corrected chi connectivity index (χ3v) is 6.37. The molecule has 5 N–H and O–H groups in total. The number of alkyl halides is 1. The summed E-state index contributed by atoms with van der Waals surface area (Å²) < 4.78 is 20.3. The molecule has 3 aliphatic rings. The molecule has 1 saturated carbocycles. The Morgan fingerprint density at radius 3 is 2.79 bits per heavy atom. The molecule has 0 radical (unpaired) electrons. The van der Waals surface area contributed by atoms with Crippen molar-refractivity contribution in [2.24, 2.45) is 11.7 Å². The predicted molar refractivity (Wildman–Crippen MR) is 103 cm³/mol. The third kappa shape index (κ3) is 3.61. The molecule has 0 bridgehead atoms. The summed E-state index contributed by atoms with van der Waals surface area (Å²) in [5.74, 6) is 0.936. The number of anilines is 1. The van der Waals surface area contributed by atoms with Gasteiger partial charge >= 0.3 is 0 Å². The lowest BCUT2D eigenvalue weighted by atomic mass is 9.78. The Labute approximate surface area is 165 Å². The van der Waals surface area contributed by atoms with Gasteiger partial charge in [-0.15, -0.1) is 0 Å². The molecular formula is C19H31FN6O2. The molecule has 8 nitrogen and oxygen atoms in total. The van der Waals surface area contributed by atoms with E-state index in [0.717, 1.165) is 11.5 Å². The van der Waals surface area contributed by atoms with Crippen molar-refractivity contribution in [1.82, 2.24) is 20.8 Å². The fourth-order valence-corrected chi connectivity index (χ4v) is 4.78. The van der Waals surface area contributed by atoms with E-state index in [4.69, 9.17) is 10.5 Å². The molecule has 8 atom stereocenters. The van der Waals surface area contributed by atoms with E-state index in [1.807, 2.05) is 31.7 Å². The first-order valence-corrected chi connectivity index (χ1v) is 10.2. The van der Waals surface area contributed by atoms with Crippen LogP contribution in [0.5, 0.6) is 0 Å². The molecular weight excluding hydrogens is 363 g/mol. The second kappa shape index (κ2) is 7.79. The van der Waals surface area contributed by atoms with Gasteiger partial charge in [0.25, 0.3) is 0 Å². The van der Waals surface area contributed by atoms with E-state index in [2.05, 4.69) is 20.8 Å². The van der Waals surface area contributed by atoms with Crippen molar-refractivity contribution in [1.29, 1.82) is 0 Å². The van der Waals surface area contributed by atoms with Crippen molar-refractivity contribution < 1.29 is 14.2 Å². The summed E-state index contributed by atoms with van der Waals surface area (Å²) in [7, 11) is 0. The van der Waals surface area contributed by atoms with Crippen molar-refractivity contribution >= 4 is 5.82 Å². The second-order valence-corrected chi connectivity index (χ2v) is 8.59. The fraction of sp³-hybridized carbons (Fsp3) is 0.789. The second-order valence-electron chi connectivity index (χ2n) is 8.59. The van der Waals surface area contributed by atoms with E-state index in [1.54, 1.807) is 6.33 Å². The SMILES string of the molecule is CC(C)OC1CC2C(CC1F)NNC2c1cc(N2C[C@H](O)[C@@H](N)[C@@H]2C)ncn1. The highest BCUT2D eigenvalue weighted by atomic mass is 19.1. The van der Waals surface area contributed by atoms with Gasteiger partial charge < -0.3 is 20.5 Å². The number of nitrogens with zero attached hydrogens (tertiary/aromatic N) is 3. The lowest BCUT2D eigenvalue weighted by Crippen LogP contribution is -2.44. The van der Waals surface area contributed by atoms with E-state index >= 15 is 0 Å². The number of ether oxygens (including phenoxy) is 1. The highest BCUT2D eigenvalue weighted by Crippen LogP contribution is 2.40. The molecule has 4 rings (SSSR count). The molecule has 0 amide bonds. The number of rotatable bonds is 4. The van der Waals surface area contributed by atoms with Crippen molar-refractivity contribution in [2.45, 2.75) is 82.3 Å². The Morgan fingerprint density at radius 1 is 1.32 bits per heavy atom. The predicted octanol–water partition coefficient (Wildman–Crippen LogP) is 0.433. The Balaban J connectivity index is 1.53. The van der Waals surface area contributed by atoms with Crippen LogP contribution in [0.15, 0.2) is 12.4 Å². The van der Waals surface area contributed by atoms with E-state index in [1.165, 1.54) is 0 Å². The maximum Gasteiger partial charge on any atom is 0.132 e. The van der Waals surface area contributed by atoms with Gasteiger partial charge in [-0.05, 0) is 33.6 Å². The maximum absolute atomic E-state index is 14.5. The standard InChI is InChI=1S/C19H31FN6O2/c1-9(2)28-16-4-11-13(5-12(16)20)24-25-19(11)14-6-17(23-8-22-14)26-7-15(27)18(21)10(26)3/h6,8-13,15-16,18-19,24-25,27H,4-5,7,21H2,1-3H3/t10-,11?,12?,13?,15-,16?,18-,19?/m0/s1. The molecule has 1 aromatic rings. The van der Waals surface area contributed by atoms with Crippen LogP contribution in [0.2, 0.25) is 0 Å². The third-order valence-electron chi connectivity index (χ3n) is 6.37. The van der Waals surface area contributed by atoms with Gasteiger partial charge in [0, 0.05) is 30.6 Å². The average molecular weight is 394 g/mol. The number of nitrogens with one attached hydrogen (secondary N) is 2. The summed E-state index contributed by atoms with van der Waals surface area (Å²) >= 11 is 0. The molecule has 0 aromatic carbocycles. The number of aliphatic hydroxyl groups excluding tert-OH is 1. The Kier molecular flexibility index (Phi) is 5.54. The summed E-state index contributed by atoms with van der Waals surface area (Å²) in [5.41, 5.74) is 13.5. The largest absolute Gasteiger partial charge is 0.390 e. The summed E-state index contributed by atoms with van der Waals surface area (Å²) in [6.07, 6.45) is 0.678. The molecule has 1 aromatic heterocycles. The van der Waals surface area contributed by atoms with Gasteiger partial charge in [-0.25, -0.2) is 19.8 Å². The first-order chi connectivity index (χ1) is 13.3. The number of aromatic nitrogens is 2. The van der Waals surface area contributed by atoms with Gasteiger partial charge in [0.2, 0.25) is 0 Å². The lowest BCUT2D eigenvalue weighted by molar-refractivity contribution is -0.0708. The number of nitrogens with two attached hydrogens (primary N) is 1. The van der Waals surface area contributed by atoms with Gasteiger partial charge in [-0.1, -0.05) is 0 Å². The Morgan fingerprint density at radius 2 is 2.11 bits per heavy atom. The highest BCUT2D eigenvalue weighted by molar-refractivity contribution is 5.44. The van der Waals surface area contributed by atoms with Crippen molar-refractivity contribution in [3.63, 3.8) is 0 Å². The van der Waals surface area contributed by atoms with Crippen LogP contribution in [0.25, 0.3) is 0 Å². The van der Waals surface area contributed by atoms with Gasteiger partial charge in [0.05, 0.1) is 36.1 Å². The Hall–Kier alpha value is -1.39. The number of hydrogen-bond donors (Lipinski definition) is 4. The van der Waals surface area contributed by atoms with E-state index in [9.17, 15) is 9.50 Å². The number of fused-ring (bicyclic) bond motifs is 1. The van der Waals surface area contributed by atoms with Crippen LogP contribution >= 0.6 is 0 Å². The molecule has 2 saturated heterocycles. The number of halogens is 1. The zero-order chi connectivity index (χ0) is 20.0. The molecule has 1 aliphatic carbocycles. The topological polar surface area (TPSA) is 109 Å². The molecule has 28 heavy (non-hydrogen) atoms. The normalized spacial score (nSPS) is 40.9. The van der Waals surface area contributed by atoms with Crippen LogP contribution in [0.1, 0.15) is 45.3 Å². The van der Waals surface area contributed by atoms with Crippen LogP contribution in [-0.4, -0.2) is 64.2 Å². The van der Waals surface area contributed by atoms with Crippen LogP contribution in [-0.2, 0) is 4.74 Å². The van der Waals surface area contributed by atoms with Gasteiger partial charge in [0.15, 0.2) is 0 Å². The molecule has 156 valence electrons. The minimum Gasteiger partial charge on any atom is -0.390 e. The summed E-state index contributed by atoms with van der Waals surface area (Å²) in [6, 6.07) is 1.64. The minimum absolute atomic E-state index is 0.00138. The van der Waals surface area contributed by atoms with Gasteiger partial charge in [-0.3, -0.25) is 5.43 Å². The Bertz CT molecular complexity index is 694. The number of β-amino-alcohol motifs (C(OH)–C–C–N with tert-alkyl or cyclic N) is 1. The van der Waals surface area contributed by atoms with Crippen LogP contribution in [0, 0.1) is 5.92 Å². The zero-order valence-corrected chi connectivity index (χ0v) is 16.6. The van der Waals surface area contributed by atoms with Crippen LogP contribution < -0.4 is 21.5 Å². The highest BCUT2D eigenvalue weighted by Gasteiger charge is 2.46. The maximum atomic E-state index is 14.5. The number of aliphatic hydroxyl groups is 1. The van der Waals surface area contributed by atoms with Gasteiger partial charge in [-0.2, -0.15) is 0 Å². The molecule has 2 aliphatic heterocycles. The monoisotopic (exact) mass is 394 g/mol. The molecule has 0 spiro atoms. The summed E-state index contributed by atoms with van der Waals surface area (Å²) in [4.78, 5) is 10.9. The average Bonchev–Trinajstić information content (AvgIpc) is 3.17. The quantitative estimate of drug-likeness (QED) is 0.582. The molecule has 5 unspecified atom stereocenters. The molecule has 3 fully saturated rings. The van der Waals surface area contributed by atoms with Crippen molar-refractivity contribution in [3.8, 4) is 0 Å². The van der Waals surface area contributed by atoms with Crippen LogP contribution in [0.4, 0.5) is 10.2 Å². The van der Waals surface area contributed by atoms with E-state index in [-0.39, 0.29) is 36.2 Å². The zero-order valence-electron chi connectivity index (χ0n) is 16.6. The summed E-state index contributed by atoms with van der Waals surface area (Å²) in [6.45, 7) is 6.32. The van der Waals surface area contributed by atoms with E-state index in [0.29, 0.717) is 19.4 Å². The molecule has 3 heterocycles. The van der Waals surface area contributed by atoms with Crippen molar-refractivity contribution in [2.75, 3.05) is 11.4 Å². The smallest absolute Gasteiger partial charge is 0.132 e. The minimum atomic E-state index is -0.967. The number of hydrazine groups is 1. The van der Waals surface area contributed by atoms with Crippen molar-refractivity contribution in [3.05, 3.63) is 18.1 Å². The van der Waals surface area contributed by atoms with Gasteiger partial charge in [0.1, 0.15) is 18.3 Å². The summed E-state index contributed by atoms with van der Waals surface area (Å²) in [5, 5.41) is 10.1. The number of hydrogen-bond acceptors (Lipinski definition) is 8. The fourth-order valence-electron chi connectivity index (χ4n) is 4.78. The van der Waals surface area contributed by atoms with E-state index < -0.39 is 18.4 Å². The molecule has 9 heteroatoms.